The Kier molecular flexibility index (Phi) is 3.95. The second kappa shape index (κ2) is 6.41. The van der Waals surface area contributed by atoms with E-state index in [0.717, 1.165) is 27.7 Å². The molecule has 0 unspecified atom stereocenters. The normalized spacial score (nSPS) is 10.8. The minimum Gasteiger partial charge on any atom is -0.356 e. The third-order valence-electron chi connectivity index (χ3n) is 3.83. The summed E-state index contributed by atoms with van der Waals surface area (Å²) in [5.41, 5.74) is 4.20. The van der Waals surface area contributed by atoms with E-state index in [1.165, 1.54) is 11.3 Å². The number of amides is 1. The fraction of sp³-hybridized carbons (Fsp3) is 0.0526. The lowest BCUT2D eigenvalue weighted by molar-refractivity contribution is 0.102. The Hall–Kier alpha value is -3.12. The topological polar surface area (TPSA) is 58.4 Å². The van der Waals surface area contributed by atoms with Gasteiger partial charge in [-0.2, -0.15) is 0 Å². The van der Waals surface area contributed by atoms with Crippen molar-refractivity contribution in [2.45, 2.75) is 6.92 Å². The molecule has 0 atom stereocenters. The average molecular weight is 348 g/mol. The van der Waals surface area contributed by atoms with Gasteiger partial charge < -0.3 is 10.6 Å². The predicted octanol–water partition coefficient (Wildman–Crippen LogP) is 4.70. The number of hydrogen-bond donors (Lipinski definition) is 2. The first-order valence-corrected chi connectivity index (χ1v) is 8.74. The van der Waals surface area contributed by atoms with Crippen LogP contribution in [0, 0.1) is 6.92 Å². The zero-order valence-corrected chi connectivity index (χ0v) is 14.4. The maximum atomic E-state index is 12.4. The van der Waals surface area contributed by atoms with Crippen molar-refractivity contribution in [3.8, 4) is 0 Å². The molecule has 0 radical (unpaired) electrons. The highest BCUT2D eigenvalue weighted by molar-refractivity contribution is 7.15. The van der Waals surface area contributed by atoms with E-state index in [0.29, 0.717) is 5.69 Å². The lowest BCUT2D eigenvalue weighted by Crippen LogP contribution is -2.12. The smallest absolute Gasteiger partial charge is 0.275 e. The second-order valence-electron chi connectivity index (χ2n) is 5.68. The van der Waals surface area contributed by atoms with E-state index in [9.17, 15) is 4.79 Å². The molecular weight excluding hydrogens is 332 g/mol. The zero-order chi connectivity index (χ0) is 17.2. The summed E-state index contributed by atoms with van der Waals surface area (Å²) in [4.78, 5) is 17.6. The number of carbonyl (C=O) groups is 1. The number of aryl methyl sites for hydroxylation is 1. The molecule has 2 heterocycles. The molecule has 6 heteroatoms. The van der Waals surface area contributed by atoms with Crippen LogP contribution in [-0.2, 0) is 0 Å². The Morgan fingerprint density at radius 1 is 1.00 bits per heavy atom. The van der Waals surface area contributed by atoms with E-state index in [2.05, 4.69) is 15.6 Å². The number of imidazole rings is 1. The fourth-order valence-electron chi connectivity index (χ4n) is 2.52. The van der Waals surface area contributed by atoms with Crippen LogP contribution in [-0.4, -0.2) is 15.3 Å². The van der Waals surface area contributed by atoms with Crippen LogP contribution in [0.1, 0.15) is 16.2 Å². The summed E-state index contributed by atoms with van der Waals surface area (Å²) in [6, 6.07) is 17.5. The van der Waals surface area contributed by atoms with E-state index < -0.39 is 0 Å². The number of para-hydroxylation sites is 1. The molecule has 0 saturated heterocycles. The predicted molar refractivity (Wildman–Crippen MR) is 102 cm³/mol. The summed E-state index contributed by atoms with van der Waals surface area (Å²) in [5.74, 6) is -0.209. The molecule has 0 aliphatic rings. The molecule has 124 valence electrons. The molecule has 0 aliphatic heterocycles. The molecule has 2 aromatic carbocycles. The number of carbonyl (C=O) groups excluding carboxylic acids is 1. The molecule has 5 nitrogen and oxygen atoms in total. The van der Waals surface area contributed by atoms with Gasteiger partial charge in [-0.05, 0) is 43.3 Å². The minimum atomic E-state index is -0.209. The monoisotopic (exact) mass is 348 g/mol. The summed E-state index contributed by atoms with van der Waals surface area (Å²) in [5, 5.41) is 8.21. The number of nitrogens with zero attached hydrogens (tertiary/aromatic N) is 2. The summed E-state index contributed by atoms with van der Waals surface area (Å²) in [6.45, 7) is 1.99. The maximum Gasteiger partial charge on any atom is 0.275 e. The highest BCUT2D eigenvalue weighted by Crippen LogP contribution is 2.20. The van der Waals surface area contributed by atoms with E-state index in [1.54, 1.807) is 6.20 Å². The molecule has 2 aromatic heterocycles. The van der Waals surface area contributed by atoms with Gasteiger partial charge in [-0.15, -0.1) is 11.3 Å². The molecule has 0 spiro atoms. The third-order valence-corrected chi connectivity index (χ3v) is 4.78. The summed E-state index contributed by atoms with van der Waals surface area (Å²) < 4.78 is 1.92. The molecule has 0 saturated carbocycles. The largest absolute Gasteiger partial charge is 0.356 e. The lowest BCUT2D eigenvalue weighted by atomic mass is 10.2. The molecule has 25 heavy (non-hydrogen) atoms. The molecule has 0 fully saturated rings. The maximum absolute atomic E-state index is 12.4. The van der Waals surface area contributed by atoms with Gasteiger partial charge >= 0.3 is 0 Å². The van der Waals surface area contributed by atoms with Crippen LogP contribution in [0.3, 0.4) is 0 Å². The number of benzene rings is 2. The molecule has 1 amide bonds. The summed E-state index contributed by atoms with van der Waals surface area (Å²) >= 11 is 1.52. The van der Waals surface area contributed by atoms with Gasteiger partial charge in [0, 0.05) is 34.3 Å². The van der Waals surface area contributed by atoms with E-state index >= 15 is 0 Å². The van der Waals surface area contributed by atoms with Crippen LogP contribution in [0.2, 0.25) is 0 Å². The van der Waals surface area contributed by atoms with Crippen molar-refractivity contribution in [2.75, 3.05) is 10.6 Å². The number of anilines is 3. The van der Waals surface area contributed by atoms with Gasteiger partial charge in [0.05, 0.1) is 0 Å². The van der Waals surface area contributed by atoms with Crippen molar-refractivity contribution in [2.24, 2.45) is 0 Å². The van der Waals surface area contributed by atoms with Crippen molar-refractivity contribution < 1.29 is 4.79 Å². The van der Waals surface area contributed by atoms with Crippen molar-refractivity contribution in [1.82, 2.24) is 9.38 Å². The van der Waals surface area contributed by atoms with Gasteiger partial charge in [-0.1, -0.05) is 18.2 Å². The van der Waals surface area contributed by atoms with E-state index in [1.807, 2.05) is 71.3 Å². The first kappa shape index (κ1) is 15.4. The Morgan fingerprint density at radius 2 is 1.68 bits per heavy atom. The van der Waals surface area contributed by atoms with Crippen molar-refractivity contribution in [3.63, 3.8) is 0 Å². The van der Waals surface area contributed by atoms with Gasteiger partial charge in [0.2, 0.25) is 0 Å². The summed E-state index contributed by atoms with van der Waals surface area (Å²) in [6.07, 6.45) is 1.77. The Bertz CT molecular complexity index is 1020. The van der Waals surface area contributed by atoms with Gasteiger partial charge in [0.1, 0.15) is 5.69 Å². The zero-order valence-electron chi connectivity index (χ0n) is 13.6. The molecular formula is C19H16N4OS. The SMILES string of the molecule is Cc1csc2nc(C(=O)Nc3ccc(Nc4ccccc4)cc3)cn12. The van der Waals surface area contributed by atoms with Gasteiger partial charge in [0.25, 0.3) is 5.91 Å². The molecule has 0 bridgehead atoms. The van der Waals surface area contributed by atoms with Gasteiger partial charge in [-0.3, -0.25) is 9.20 Å². The quantitative estimate of drug-likeness (QED) is 0.562. The molecule has 0 aliphatic carbocycles. The Morgan fingerprint density at radius 3 is 2.40 bits per heavy atom. The third kappa shape index (κ3) is 3.25. The van der Waals surface area contributed by atoms with Crippen LogP contribution in [0.25, 0.3) is 4.96 Å². The fourth-order valence-corrected chi connectivity index (χ4v) is 3.37. The number of nitrogens with one attached hydrogen (secondary N) is 2. The van der Waals surface area contributed by atoms with Gasteiger partial charge in [0.15, 0.2) is 4.96 Å². The molecule has 4 rings (SSSR count). The van der Waals surface area contributed by atoms with Crippen molar-refractivity contribution >= 4 is 39.3 Å². The lowest BCUT2D eigenvalue weighted by Gasteiger charge is -2.08. The van der Waals surface area contributed by atoms with Crippen LogP contribution in [0.15, 0.2) is 66.2 Å². The Labute approximate surface area is 149 Å². The van der Waals surface area contributed by atoms with Crippen molar-refractivity contribution in [3.05, 3.63) is 77.6 Å². The first-order valence-electron chi connectivity index (χ1n) is 7.86. The second-order valence-corrected chi connectivity index (χ2v) is 6.51. The van der Waals surface area contributed by atoms with Crippen LogP contribution >= 0.6 is 11.3 Å². The van der Waals surface area contributed by atoms with Gasteiger partial charge in [-0.25, -0.2) is 4.98 Å². The average Bonchev–Trinajstić information content (AvgIpc) is 3.20. The standard InChI is InChI=1S/C19H16N4OS/c1-13-12-25-19-22-17(11-23(13)19)18(24)21-16-9-7-15(8-10-16)20-14-5-3-2-4-6-14/h2-12,20H,1H3,(H,21,24). The molecule has 4 aromatic rings. The van der Waals surface area contributed by atoms with E-state index in [-0.39, 0.29) is 5.91 Å². The van der Waals surface area contributed by atoms with E-state index in [4.69, 9.17) is 0 Å². The number of aromatic nitrogens is 2. The number of thiazole rings is 1. The highest BCUT2D eigenvalue weighted by Gasteiger charge is 2.13. The summed E-state index contributed by atoms with van der Waals surface area (Å²) in [7, 11) is 0. The number of fused-ring (bicyclic) bond motifs is 1. The van der Waals surface area contributed by atoms with Crippen LogP contribution < -0.4 is 10.6 Å². The Balaban J connectivity index is 1.46. The molecule has 2 N–H and O–H groups in total. The van der Waals surface area contributed by atoms with Crippen LogP contribution in [0.4, 0.5) is 17.1 Å². The highest BCUT2D eigenvalue weighted by atomic mass is 32.1. The van der Waals surface area contributed by atoms with Crippen LogP contribution in [0.5, 0.6) is 0 Å². The minimum absolute atomic E-state index is 0.209. The number of rotatable bonds is 4. The first-order chi connectivity index (χ1) is 12.2. The number of hydrogen-bond acceptors (Lipinski definition) is 4. The van der Waals surface area contributed by atoms with Crippen molar-refractivity contribution in [1.29, 1.82) is 0 Å².